The first-order valence-corrected chi connectivity index (χ1v) is 9.66. The van der Waals surface area contributed by atoms with Gasteiger partial charge in [0.05, 0.1) is 22.2 Å². The molecule has 0 aromatic heterocycles. The van der Waals surface area contributed by atoms with Gasteiger partial charge in [-0.15, -0.1) is 0 Å². The number of hydrogen-bond acceptors (Lipinski definition) is 6. The van der Waals surface area contributed by atoms with E-state index in [9.17, 15) is 9.59 Å². The van der Waals surface area contributed by atoms with Gasteiger partial charge in [0.1, 0.15) is 0 Å². The molecule has 2 rings (SSSR count). The van der Waals surface area contributed by atoms with E-state index in [1.165, 1.54) is 4.90 Å². The van der Waals surface area contributed by atoms with E-state index in [0.29, 0.717) is 42.6 Å². The lowest BCUT2D eigenvalue weighted by atomic mass is 10.2. The quantitative estimate of drug-likeness (QED) is 0.323. The number of carbonyl (C=O) groups excluding carboxylic acids is 2. The van der Waals surface area contributed by atoms with Gasteiger partial charge in [0.15, 0.2) is 11.5 Å². The van der Waals surface area contributed by atoms with Crippen LogP contribution in [0.25, 0.3) is 6.08 Å². The van der Waals surface area contributed by atoms with Gasteiger partial charge in [0, 0.05) is 20.3 Å². The van der Waals surface area contributed by atoms with Crippen molar-refractivity contribution in [3.63, 3.8) is 0 Å². The first-order valence-electron chi connectivity index (χ1n) is 7.76. The van der Waals surface area contributed by atoms with Crippen LogP contribution in [0.4, 0.5) is 4.79 Å². The zero-order valence-electron chi connectivity index (χ0n) is 14.3. The summed E-state index contributed by atoms with van der Waals surface area (Å²) in [4.78, 5) is 26.2. The number of methoxy groups -OCH3 is 2. The molecular weight excluding hydrogens is 457 g/mol. The van der Waals surface area contributed by atoms with Crippen LogP contribution < -0.4 is 9.47 Å². The van der Waals surface area contributed by atoms with Gasteiger partial charge in [-0.2, -0.15) is 0 Å². The minimum Gasteiger partial charge on any atom is -0.492 e. The van der Waals surface area contributed by atoms with Crippen molar-refractivity contribution in [3.05, 3.63) is 26.2 Å². The van der Waals surface area contributed by atoms with E-state index in [2.05, 4.69) is 22.6 Å². The molecule has 0 saturated carbocycles. The fraction of sp³-hybridized carbons (Fsp3) is 0.412. The largest absolute Gasteiger partial charge is 0.492 e. The Kier molecular flexibility index (Phi) is 7.57. The van der Waals surface area contributed by atoms with E-state index < -0.39 is 0 Å². The summed E-state index contributed by atoms with van der Waals surface area (Å²) in [5.41, 5.74) is 0.788. The number of amides is 2. The van der Waals surface area contributed by atoms with E-state index in [1.54, 1.807) is 20.3 Å². The van der Waals surface area contributed by atoms with Gasteiger partial charge in [-0.25, -0.2) is 0 Å². The van der Waals surface area contributed by atoms with Crippen LogP contribution in [0.5, 0.6) is 11.5 Å². The average molecular weight is 477 g/mol. The molecule has 1 aliphatic rings. The number of rotatable bonds is 8. The minimum atomic E-state index is -0.269. The van der Waals surface area contributed by atoms with Crippen molar-refractivity contribution < 1.29 is 23.8 Å². The number of halogens is 1. The van der Waals surface area contributed by atoms with Crippen LogP contribution in [-0.2, 0) is 9.53 Å². The third-order valence-electron chi connectivity index (χ3n) is 3.44. The fourth-order valence-corrected chi connectivity index (χ4v) is 4.05. The topological polar surface area (TPSA) is 65.1 Å². The molecule has 1 saturated heterocycles. The van der Waals surface area contributed by atoms with Gasteiger partial charge in [-0.1, -0.05) is 0 Å². The molecule has 6 nitrogen and oxygen atoms in total. The van der Waals surface area contributed by atoms with Crippen molar-refractivity contribution >= 4 is 51.6 Å². The normalized spacial score (nSPS) is 16.0. The summed E-state index contributed by atoms with van der Waals surface area (Å²) in [5.74, 6) is 1.00. The van der Waals surface area contributed by atoms with E-state index in [-0.39, 0.29) is 11.1 Å². The molecule has 0 aliphatic carbocycles. The Balaban J connectivity index is 2.25. The molecule has 1 heterocycles. The molecule has 0 unspecified atom stereocenters. The van der Waals surface area contributed by atoms with Gasteiger partial charge >= 0.3 is 0 Å². The predicted molar refractivity (Wildman–Crippen MR) is 106 cm³/mol. The summed E-state index contributed by atoms with van der Waals surface area (Å²) in [5, 5.41) is -0.249. The monoisotopic (exact) mass is 477 g/mol. The summed E-state index contributed by atoms with van der Waals surface area (Å²) in [6.07, 6.45) is 2.34. The molecule has 1 aliphatic heterocycles. The highest BCUT2D eigenvalue weighted by atomic mass is 127. The molecule has 1 aromatic rings. The molecule has 25 heavy (non-hydrogen) atoms. The maximum Gasteiger partial charge on any atom is 0.293 e. The number of benzene rings is 1. The van der Waals surface area contributed by atoms with Gasteiger partial charge in [-0.05, 0) is 71.5 Å². The molecule has 0 radical (unpaired) electrons. The molecular formula is C17H20INO5S. The molecule has 8 heteroatoms. The van der Waals surface area contributed by atoms with Crippen LogP contribution in [0.3, 0.4) is 0 Å². The highest BCUT2D eigenvalue weighted by molar-refractivity contribution is 14.1. The number of imide groups is 1. The third-order valence-corrected chi connectivity index (χ3v) is 5.15. The lowest BCUT2D eigenvalue weighted by Gasteiger charge is -2.12. The molecule has 0 spiro atoms. The Hall–Kier alpha value is -1.26. The van der Waals surface area contributed by atoms with Crippen LogP contribution in [0.1, 0.15) is 18.9 Å². The number of thioether (sulfide) groups is 1. The standard InChI is InChI=1S/C17H20INO5S/c1-4-24-13-9-11(8-12(18)15(13)23-3)10-14-16(20)19(17(21)25-14)6-5-7-22-2/h8-10H,4-7H2,1-3H3/b14-10+. The zero-order valence-corrected chi connectivity index (χ0v) is 17.3. The highest BCUT2D eigenvalue weighted by Gasteiger charge is 2.34. The maximum atomic E-state index is 12.5. The van der Waals surface area contributed by atoms with Crippen LogP contribution >= 0.6 is 34.4 Å². The summed E-state index contributed by atoms with van der Waals surface area (Å²) in [6, 6.07) is 3.70. The molecule has 1 aromatic carbocycles. The Bertz CT molecular complexity index is 692. The average Bonchev–Trinajstić information content (AvgIpc) is 2.82. The number of hydrogen-bond donors (Lipinski definition) is 0. The molecule has 1 fully saturated rings. The molecule has 2 amide bonds. The summed E-state index contributed by atoms with van der Waals surface area (Å²) in [6.45, 7) is 3.27. The highest BCUT2D eigenvalue weighted by Crippen LogP contribution is 2.37. The molecule has 0 atom stereocenters. The van der Waals surface area contributed by atoms with Crippen molar-refractivity contribution in [2.24, 2.45) is 0 Å². The predicted octanol–water partition coefficient (Wildman–Crippen LogP) is 3.77. The van der Waals surface area contributed by atoms with Crippen molar-refractivity contribution in [1.29, 1.82) is 0 Å². The maximum absolute atomic E-state index is 12.5. The van der Waals surface area contributed by atoms with Gasteiger partial charge < -0.3 is 14.2 Å². The number of nitrogens with zero attached hydrogens (tertiary/aromatic N) is 1. The van der Waals surface area contributed by atoms with Gasteiger partial charge in [0.25, 0.3) is 11.1 Å². The Labute approximate surface area is 165 Å². The van der Waals surface area contributed by atoms with E-state index in [4.69, 9.17) is 14.2 Å². The van der Waals surface area contributed by atoms with Crippen molar-refractivity contribution in [2.75, 3.05) is 34.0 Å². The summed E-state index contributed by atoms with van der Waals surface area (Å²) >= 11 is 3.11. The first kappa shape index (κ1) is 20.1. The van der Waals surface area contributed by atoms with E-state index in [0.717, 1.165) is 20.9 Å². The number of ether oxygens (including phenoxy) is 3. The van der Waals surface area contributed by atoms with Crippen molar-refractivity contribution in [2.45, 2.75) is 13.3 Å². The van der Waals surface area contributed by atoms with Gasteiger partial charge in [-0.3, -0.25) is 14.5 Å². The second-order valence-electron chi connectivity index (χ2n) is 5.15. The van der Waals surface area contributed by atoms with Gasteiger partial charge in [0.2, 0.25) is 0 Å². The lowest BCUT2D eigenvalue weighted by molar-refractivity contribution is -0.122. The number of carbonyl (C=O) groups is 2. The van der Waals surface area contributed by atoms with Crippen LogP contribution in [-0.4, -0.2) is 50.0 Å². The van der Waals surface area contributed by atoms with Crippen LogP contribution in [0.15, 0.2) is 17.0 Å². The summed E-state index contributed by atoms with van der Waals surface area (Å²) < 4.78 is 16.8. The first-order chi connectivity index (χ1) is 12.0. The van der Waals surface area contributed by atoms with Crippen molar-refractivity contribution in [3.8, 4) is 11.5 Å². The smallest absolute Gasteiger partial charge is 0.293 e. The Morgan fingerprint density at radius 1 is 1.28 bits per heavy atom. The van der Waals surface area contributed by atoms with Crippen molar-refractivity contribution in [1.82, 2.24) is 4.90 Å². The van der Waals surface area contributed by atoms with E-state index >= 15 is 0 Å². The van der Waals surface area contributed by atoms with Crippen LogP contribution in [0, 0.1) is 3.57 Å². The fourth-order valence-electron chi connectivity index (χ4n) is 2.34. The second-order valence-corrected chi connectivity index (χ2v) is 7.30. The molecule has 136 valence electrons. The minimum absolute atomic E-state index is 0.249. The molecule has 0 bridgehead atoms. The van der Waals surface area contributed by atoms with Crippen LogP contribution in [0.2, 0.25) is 0 Å². The third kappa shape index (κ3) is 4.89. The lowest BCUT2D eigenvalue weighted by Crippen LogP contribution is -2.29. The second kappa shape index (κ2) is 9.44. The zero-order chi connectivity index (χ0) is 18.4. The Morgan fingerprint density at radius 2 is 2.04 bits per heavy atom. The van der Waals surface area contributed by atoms with E-state index in [1.807, 2.05) is 19.1 Å². The Morgan fingerprint density at radius 3 is 2.68 bits per heavy atom. The summed E-state index contributed by atoms with van der Waals surface area (Å²) in [7, 11) is 3.18. The SMILES string of the molecule is CCOc1cc(/C=C2/SC(=O)N(CCCOC)C2=O)cc(I)c1OC. The molecule has 0 N–H and O–H groups in total.